The number of carbonyl (C=O) groups excluding carboxylic acids is 3. The zero-order valence-electron chi connectivity index (χ0n) is 15.4. The Morgan fingerprint density at radius 2 is 1.92 bits per heavy atom. The molecule has 1 aliphatic rings. The van der Waals surface area contributed by atoms with Gasteiger partial charge < -0.3 is 20.3 Å². The van der Waals surface area contributed by atoms with E-state index in [0.29, 0.717) is 12.1 Å². The van der Waals surface area contributed by atoms with Crippen LogP contribution in [0.4, 0.5) is 4.79 Å². The molecule has 0 radical (unpaired) electrons. The maximum absolute atomic E-state index is 12.2. The quantitative estimate of drug-likeness (QED) is 0.761. The first kappa shape index (κ1) is 20.0. The van der Waals surface area contributed by atoms with Crippen molar-refractivity contribution in [1.82, 2.24) is 15.5 Å². The zero-order valence-corrected chi connectivity index (χ0v) is 15.4. The van der Waals surface area contributed by atoms with Crippen molar-refractivity contribution in [3.63, 3.8) is 0 Å². The van der Waals surface area contributed by atoms with Crippen LogP contribution in [0.2, 0.25) is 0 Å². The molecular formula is C17H29N3O4. The van der Waals surface area contributed by atoms with Crippen molar-refractivity contribution >= 4 is 17.9 Å². The van der Waals surface area contributed by atoms with Gasteiger partial charge in [-0.15, -0.1) is 0 Å². The van der Waals surface area contributed by atoms with Gasteiger partial charge in [0.15, 0.2) is 0 Å². The average molecular weight is 339 g/mol. The second kappa shape index (κ2) is 8.17. The third-order valence-electron chi connectivity index (χ3n) is 3.72. The number of likely N-dealkylation sites (tertiary alicyclic amines) is 1. The minimum absolute atomic E-state index is 0.166. The summed E-state index contributed by atoms with van der Waals surface area (Å²) in [6.07, 6.45) is 3.05. The lowest BCUT2D eigenvalue weighted by Crippen LogP contribution is -2.44. The summed E-state index contributed by atoms with van der Waals surface area (Å²) in [6.45, 7) is 9.38. The maximum atomic E-state index is 12.2. The molecule has 1 fully saturated rings. The van der Waals surface area contributed by atoms with Gasteiger partial charge in [0.2, 0.25) is 11.8 Å². The number of nitrogens with zero attached hydrogens (tertiary/aromatic N) is 1. The highest BCUT2D eigenvalue weighted by Gasteiger charge is 2.31. The molecule has 7 heteroatoms. The van der Waals surface area contributed by atoms with Crippen LogP contribution in [0.5, 0.6) is 0 Å². The van der Waals surface area contributed by atoms with E-state index in [-0.39, 0.29) is 23.9 Å². The van der Waals surface area contributed by atoms with Crippen molar-refractivity contribution in [2.75, 3.05) is 13.6 Å². The largest absolute Gasteiger partial charge is 0.444 e. The van der Waals surface area contributed by atoms with E-state index in [1.165, 1.54) is 7.05 Å². The number of ether oxygens (including phenoxy) is 1. The summed E-state index contributed by atoms with van der Waals surface area (Å²) in [5, 5.41) is 5.12. The van der Waals surface area contributed by atoms with Crippen molar-refractivity contribution in [1.29, 1.82) is 0 Å². The van der Waals surface area contributed by atoms with Gasteiger partial charge in [-0.1, -0.05) is 6.08 Å². The lowest BCUT2D eigenvalue weighted by atomic mass is 10.1. The number of nitrogens with one attached hydrogen (secondary N) is 2. The third kappa shape index (κ3) is 5.86. The van der Waals surface area contributed by atoms with Crippen molar-refractivity contribution < 1.29 is 19.1 Å². The molecule has 0 aromatic heterocycles. The highest BCUT2D eigenvalue weighted by Crippen LogP contribution is 2.22. The summed E-state index contributed by atoms with van der Waals surface area (Å²) in [4.78, 5) is 37.5. The fraction of sp³-hybridized carbons (Fsp3) is 0.706. The predicted molar refractivity (Wildman–Crippen MR) is 91.4 cm³/mol. The highest BCUT2D eigenvalue weighted by atomic mass is 16.6. The van der Waals surface area contributed by atoms with Crippen LogP contribution in [0.3, 0.4) is 0 Å². The van der Waals surface area contributed by atoms with E-state index in [0.717, 1.165) is 12.8 Å². The molecule has 0 unspecified atom stereocenters. The number of amides is 3. The Morgan fingerprint density at radius 1 is 1.29 bits per heavy atom. The normalized spacial score (nSPS) is 19.7. The van der Waals surface area contributed by atoms with E-state index in [1.54, 1.807) is 24.8 Å². The van der Waals surface area contributed by atoms with Crippen LogP contribution in [0.25, 0.3) is 0 Å². The van der Waals surface area contributed by atoms with Crippen LogP contribution < -0.4 is 10.6 Å². The number of likely N-dealkylation sites (N-methyl/N-ethyl adjacent to an activating group) is 1. The van der Waals surface area contributed by atoms with Crippen molar-refractivity contribution in [2.45, 2.75) is 65.1 Å². The van der Waals surface area contributed by atoms with Crippen LogP contribution in [0.15, 0.2) is 11.6 Å². The minimum Gasteiger partial charge on any atom is -0.444 e. The van der Waals surface area contributed by atoms with E-state index in [9.17, 15) is 14.4 Å². The van der Waals surface area contributed by atoms with E-state index in [1.807, 2.05) is 20.8 Å². The summed E-state index contributed by atoms with van der Waals surface area (Å²) < 4.78 is 5.41. The molecule has 1 heterocycles. The first-order valence-electron chi connectivity index (χ1n) is 8.25. The molecule has 2 atom stereocenters. The molecule has 7 nitrogen and oxygen atoms in total. The van der Waals surface area contributed by atoms with Crippen LogP contribution in [-0.4, -0.2) is 54.1 Å². The van der Waals surface area contributed by atoms with E-state index >= 15 is 0 Å². The van der Waals surface area contributed by atoms with Crippen LogP contribution in [0, 0.1) is 0 Å². The van der Waals surface area contributed by atoms with Crippen LogP contribution in [-0.2, 0) is 14.3 Å². The lowest BCUT2D eigenvalue weighted by Gasteiger charge is -2.27. The Hall–Kier alpha value is -2.05. The Kier molecular flexibility index (Phi) is 6.81. The van der Waals surface area contributed by atoms with Gasteiger partial charge in [0.25, 0.3) is 0 Å². The van der Waals surface area contributed by atoms with Gasteiger partial charge >= 0.3 is 6.09 Å². The fourth-order valence-corrected chi connectivity index (χ4v) is 2.47. The topological polar surface area (TPSA) is 87.7 Å². The molecule has 3 amide bonds. The molecule has 136 valence electrons. The van der Waals surface area contributed by atoms with Crippen molar-refractivity contribution in [2.24, 2.45) is 0 Å². The second-order valence-corrected chi connectivity index (χ2v) is 7.04. The summed E-state index contributed by atoms with van der Waals surface area (Å²) in [5.41, 5.74) is -0.0743. The Balaban J connectivity index is 2.73. The second-order valence-electron chi connectivity index (χ2n) is 7.04. The molecule has 24 heavy (non-hydrogen) atoms. The van der Waals surface area contributed by atoms with E-state index in [4.69, 9.17) is 4.74 Å². The number of carbonyl (C=O) groups is 3. The fourth-order valence-electron chi connectivity index (χ4n) is 2.47. The molecule has 1 aliphatic heterocycles. The molecule has 1 rings (SSSR count). The molecule has 0 saturated carbocycles. The SMILES string of the molecule is CNC(=O)[C@H](C)NC(=O)/C(C)=C/[C@@H]1CCCN1C(=O)OC(C)(C)C. The molecule has 0 aromatic rings. The molecule has 1 saturated heterocycles. The molecule has 0 aliphatic carbocycles. The molecule has 0 aromatic carbocycles. The standard InChI is InChI=1S/C17H29N3O4/c1-11(14(21)19-12(2)15(22)18-6)10-13-8-7-9-20(13)16(23)24-17(3,4)5/h10,12-13H,7-9H2,1-6H3,(H,18,22)(H,19,21)/b11-10+/t12-,13-/m0/s1. The smallest absolute Gasteiger partial charge is 0.410 e. The Labute approximate surface area is 143 Å². The van der Waals surface area contributed by atoms with Crippen LogP contribution in [0.1, 0.15) is 47.5 Å². The van der Waals surface area contributed by atoms with Gasteiger partial charge in [-0.3, -0.25) is 9.59 Å². The van der Waals surface area contributed by atoms with Crippen molar-refractivity contribution in [3.05, 3.63) is 11.6 Å². The van der Waals surface area contributed by atoms with Gasteiger partial charge in [0.05, 0.1) is 6.04 Å². The first-order chi connectivity index (χ1) is 11.0. The molecule has 0 bridgehead atoms. The monoisotopic (exact) mass is 339 g/mol. The van der Waals surface area contributed by atoms with Gasteiger partial charge in [0.1, 0.15) is 11.6 Å². The van der Waals surface area contributed by atoms with Gasteiger partial charge in [0, 0.05) is 19.2 Å². The molecular weight excluding hydrogens is 310 g/mol. The predicted octanol–water partition coefficient (Wildman–Crippen LogP) is 1.58. The minimum atomic E-state index is -0.614. The van der Waals surface area contributed by atoms with Gasteiger partial charge in [-0.2, -0.15) is 0 Å². The summed E-state index contributed by atoms with van der Waals surface area (Å²) in [6, 6.07) is -0.780. The van der Waals surface area contributed by atoms with Crippen LogP contribution >= 0.6 is 0 Å². The number of hydrogen-bond donors (Lipinski definition) is 2. The highest BCUT2D eigenvalue weighted by molar-refractivity contribution is 5.96. The maximum Gasteiger partial charge on any atom is 0.410 e. The summed E-state index contributed by atoms with van der Waals surface area (Å²) in [7, 11) is 1.52. The zero-order chi connectivity index (χ0) is 18.5. The van der Waals surface area contributed by atoms with E-state index < -0.39 is 11.6 Å². The van der Waals surface area contributed by atoms with Crippen molar-refractivity contribution in [3.8, 4) is 0 Å². The Morgan fingerprint density at radius 3 is 2.46 bits per heavy atom. The number of hydrogen-bond acceptors (Lipinski definition) is 4. The summed E-state index contributed by atoms with van der Waals surface area (Å²) in [5.74, 6) is -0.575. The Bertz CT molecular complexity index is 522. The van der Waals surface area contributed by atoms with Gasteiger partial charge in [-0.25, -0.2) is 4.79 Å². The number of rotatable bonds is 4. The van der Waals surface area contributed by atoms with Gasteiger partial charge in [-0.05, 0) is 47.5 Å². The lowest BCUT2D eigenvalue weighted by molar-refractivity contribution is -0.126. The molecule has 2 N–H and O–H groups in total. The van der Waals surface area contributed by atoms with E-state index in [2.05, 4.69) is 10.6 Å². The average Bonchev–Trinajstić information content (AvgIpc) is 2.92. The first-order valence-corrected chi connectivity index (χ1v) is 8.25. The summed E-state index contributed by atoms with van der Waals surface area (Å²) >= 11 is 0. The molecule has 0 spiro atoms. The third-order valence-corrected chi connectivity index (χ3v) is 3.72.